The monoisotopic (exact) mass is 262 g/mol. The Morgan fingerprint density at radius 3 is 2.35 bits per heavy atom. The summed E-state index contributed by atoms with van der Waals surface area (Å²) < 4.78 is 0. The summed E-state index contributed by atoms with van der Waals surface area (Å²) in [5.41, 5.74) is 3.45. The molecule has 0 fully saturated rings. The van der Waals surface area contributed by atoms with Gasteiger partial charge in [-0.2, -0.15) is 0 Å². The van der Waals surface area contributed by atoms with Gasteiger partial charge in [0, 0.05) is 17.1 Å². The second-order valence-electron chi connectivity index (χ2n) is 6.05. The Labute approximate surface area is 119 Å². The van der Waals surface area contributed by atoms with Crippen molar-refractivity contribution in [1.82, 2.24) is 9.97 Å². The average Bonchev–Trinajstić information content (AvgIpc) is 2.46. The standard InChI is InChI=1S/C18H18N2/c1-18(2,3)15-10-6-5-9-14(15)17-19-12-13-8-4-7-11-16(13)20-17/h4-12H,1-3H3. The summed E-state index contributed by atoms with van der Waals surface area (Å²) in [7, 11) is 0. The van der Waals surface area contributed by atoms with Gasteiger partial charge in [-0.15, -0.1) is 0 Å². The summed E-state index contributed by atoms with van der Waals surface area (Å²) in [6.07, 6.45) is 1.90. The van der Waals surface area contributed by atoms with Crippen LogP contribution in [0.3, 0.4) is 0 Å². The minimum atomic E-state index is 0.0750. The SMILES string of the molecule is CC(C)(C)c1ccccc1-c1ncc2ccccc2n1. The van der Waals surface area contributed by atoms with Crippen molar-refractivity contribution in [3.63, 3.8) is 0 Å². The van der Waals surface area contributed by atoms with Gasteiger partial charge in [-0.25, -0.2) is 9.97 Å². The third-order valence-electron chi connectivity index (χ3n) is 3.47. The summed E-state index contributed by atoms with van der Waals surface area (Å²) in [5, 5.41) is 1.07. The lowest BCUT2D eigenvalue weighted by molar-refractivity contribution is 0.591. The smallest absolute Gasteiger partial charge is 0.160 e. The highest BCUT2D eigenvalue weighted by molar-refractivity contribution is 5.79. The van der Waals surface area contributed by atoms with Gasteiger partial charge in [-0.3, -0.25) is 0 Å². The zero-order valence-electron chi connectivity index (χ0n) is 12.1. The molecule has 2 heteroatoms. The zero-order valence-corrected chi connectivity index (χ0v) is 12.1. The largest absolute Gasteiger partial charge is 0.236 e. The first-order valence-electron chi connectivity index (χ1n) is 6.87. The second kappa shape index (κ2) is 4.71. The van der Waals surface area contributed by atoms with Gasteiger partial charge in [0.05, 0.1) is 5.52 Å². The summed E-state index contributed by atoms with van der Waals surface area (Å²) in [6.45, 7) is 6.65. The Balaban J connectivity index is 2.21. The van der Waals surface area contributed by atoms with Crippen molar-refractivity contribution in [2.24, 2.45) is 0 Å². The van der Waals surface area contributed by atoms with Crippen molar-refractivity contribution in [3.05, 3.63) is 60.3 Å². The lowest BCUT2D eigenvalue weighted by Crippen LogP contribution is -2.13. The first kappa shape index (κ1) is 12.8. The maximum Gasteiger partial charge on any atom is 0.160 e. The summed E-state index contributed by atoms with van der Waals surface area (Å²) >= 11 is 0. The molecule has 0 aliphatic carbocycles. The highest BCUT2D eigenvalue weighted by atomic mass is 14.9. The molecule has 2 aromatic carbocycles. The van der Waals surface area contributed by atoms with Gasteiger partial charge in [0.1, 0.15) is 0 Å². The minimum absolute atomic E-state index is 0.0750. The van der Waals surface area contributed by atoms with Crippen LogP contribution in [-0.4, -0.2) is 9.97 Å². The van der Waals surface area contributed by atoms with Crippen LogP contribution >= 0.6 is 0 Å². The molecule has 3 rings (SSSR count). The molecular formula is C18H18N2. The summed E-state index contributed by atoms with van der Waals surface area (Å²) in [6, 6.07) is 16.5. The van der Waals surface area contributed by atoms with Gasteiger partial charge in [0.15, 0.2) is 5.82 Å². The van der Waals surface area contributed by atoms with E-state index < -0.39 is 0 Å². The molecule has 0 aliphatic rings. The Morgan fingerprint density at radius 1 is 0.850 bits per heavy atom. The highest BCUT2D eigenvalue weighted by Gasteiger charge is 2.19. The number of para-hydroxylation sites is 1. The zero-order chi connectivity index (χ0) is 14.2. The van der Waals surface area contributed by atoms with E-state index in [0.29, 0.717) is 0 Å². The molecule has 0 N–H and O–H groups in total. The van der Waals surface area contributed by atoms with E-state index in [2.05, 4.69) is 44.0 Å². The average molecular weight is 262 g/mol. The third-order valence-corrected chi connectivity index (χ3v) is 3.47. The van der Waals surface area contributed by atoms with Crippen molar-refractivity contribution in [2.45, 2.75) is 26.2 Å². The Bertz CT molecular complexity index is 754. The number of fused-ring (bicyclic) bond motifs is 1. The van der Waals surface area contributed by atoms with Crippen LogP contribution in [0.4, 0.5) is 0 Å². The second-order valence-corrected chi connectivity index (χ2v) is 6.05. The lowest BCUT2D eigenvalue weighted by atomic mass is 9.83. The van der Waals surface area contributed by atoms with Crippen molar-refractivity contribution < 1.29 is 0 Å². The third kappa shape index (κ3) is 2.29. The van der Waals surface area contributed by atoms with E-state index in [9.17, 15) is 0 Å². The molecule has 0 spiro atoms. The van der Waals surface area contributed by atoms with Gasteiger partial charge >= 0.3 is 0 Å². The van der Waals surface area contributed by atoms with E-state index in [-0.39, 0.29) is 5.41 Å². The van der Waals surface area contributed by atoms with Gasteiger partial charge in [-0.05, 0) is 17.0 Å². The predicted octanol–water partition coefficient (Wildman–Crippen LogP) is 4.59. The fraction of sp³-hybridized carbons (Fsp3) is 0.222. The van der Waals surface area contributed by atoms with Crippen LogP contribution < -0.4 is 0 Å². The van der Waals surface area contributed by atoms with Gasteiger partial charge in [-0.1, -0.05) is 63.2 Å². The fourth-order valence-electron chi connectivity index (χ4n) is 2.43. The molecule has 0 saturated heterocycles. The van der Waals surface area contributed by atoms with Crippen LogP contribution in [0.15, 0.2) is 54.7 Å². The number of rotatable bonds is 1. The number of benzene rings is 2. The molecule has 1 aromatic heterocycles. The molecule has 0 saturated carbocycles. The molecule has 0 atom stereocenters. The molecule has 3 aromatic rings. The number of hydrogen-bond donors (Lipinski definition) is 0. The fourth-order valence-corrected chi connectivity index (χ4v) is 2.43. The first-order chi connectivity index (χ1) is 9.55. The Hall–Kier alpha value is -2.22. The van der Waals surface area contributed by atoms with E-state index in [1.807, 2.05) is 36.5 Å². The van der Waals surface area contributed by atoms with Crippen molar-refractivity contribution in [2.75, 3.05) is 0 Å². The maximum absolute atomic E-state index is 4.71. The van der Waals surface area contributed by atoms with Crippen molar-refractivity contribution >= 4 is 10.9 Å². The molecule has 100 valence electrons. The minimum Gasteiger partial charge on any atom is -0.236 e. The molecule has 0 bridgehead atoms. The van der Waals surface area contributed by atoms with Crippen LogP contribution in [0, 0.1) is 0 Å². The van der Waals surface area contributed by atoms with Crippen LogP contribution in [0.2, 0.25) is 0 Å². The van der Waals surface area contributed by atoms with Crippen molar-refractivity contribution in [1.29, 1.82) is 0 Å². The Morgan fingerprint density at radius 2 is 1.55 bits per heavy atom. The van der Waals surface area contributed by atoms with Gasteiger partial charge in [0.2, 0.25) is 0 Å². The molecule has 0 radical (unpaired) electrons. The lowest BCUT2D eigenvalue weighted by Gasteiger charge is -2.22. The molecular weight excluding hydrogens is 244 g/mol. The highest BCUT2D eigenvalue weighted by Crippen LogP contribution is 2.31. The van der Waals surface area contributed by atoms with E-state index in [1.165, 1.54) is 5.56 Å². The number of nitrogens with zero attached hydrogens (tertiary/aromatic N) is 2. The molecule has 0 aliphatic heterocycles. The van der Waals surface area contributed by atoms with Crippen LogP contribution in [-0.2, 0) is 5.41 Å². The molecule has 0 unspecified atom stereocenters. The summed E-state index contributed by atoms with van der Waals surface area (Å²) in [4.78, 5) is 9.25. The molecule has 0 amide bonds. The van der Waals surface area contributed by atoms with Crippen LogP contribution in [0.5, 0.6) is 0 Å². The topological polar surface area (TPSA) is 25.8 Å². The van der Waals surface area contributed by atoms with E-state index in [0.717, 1.165) is 22.3 Å². The van der Waals surface area contributed by atoms with Gasteiger partial charge < -0.3 is 0 Å². The quantitative estimate of drug-likeness (QED) is 0.640. The molecule has 1 heterocycles. The molecule has 2 nitrogen and oxygen atoms in total. The van der Waals surface area contributed by atoms with Gasteiger partial charge in [0.25, 0.3) is 0 Å². The summed E-state index contributed by atoms with van der Waals surface area (Å²) in [5.74, 6) is 0.800. The first-order valence-corrected chi connectivity index (χ1v) is 6.87. The predicted molar refractivity (Wildman–Crippen MR) is 83.7 cm³/mol. The maximum atomic E-state index is 4.71. The van der Waals surface area contributed by atoms with Crippen LogP contribution in [0.25, 0.3) is 22.3 Å². The van der Waals surface area contributed by atoms with E-state index in [4.69, 9.17) is 4.98 Å². The Kier molecular flexibility index (Phi) is 3.01. The van der Waals surface area contributed by atoms with E-state index >= 15 is 0 Å². The normalized spacial score (nSPS) is 11.8. The molecule has 20 heavy (non-hydrogen) atoms. The number of aromatic nitrogens is 2. The van der Waals surface area contributed by atoms with Crippen molar-refractivity contribution in [3.8, 4) is 11.4 Å². The van der Waals surface area contributed by atoms with E-state index in [1.54, 1.807) is 0 Å². The van der Waals surface area contributed by atoms with Crippen LogP contribution in [0.1, 0.15) is 26.3 Å². The number of hydrogen-bond acceptors (Lipinski definition) is 2.